The number of hydrogen-bond donors (Lipinski definition) is 0. The van der Waals surface area contributed by atoms with E-state index in [9.17, 15) is 24.0 Å². The summed E-state index contributed by atoms with van der Waals surface area (Å²) in [5, 5.41) is 0. The van der Waals surface area contributed by atoms with Crippen LogP contribution in [0.3, 0.4) is 0 Å². The van der Waals surface area contributed by atoms with Crippen LogP contribution in [0, 0.1) is 0 Å². The predicted octanol–water partition coefficient (Wildman–Crippen LogP) is 3.98. The molecule has 2 unspecified atom stereocenters. The number of unbranched alkanes of at least 4 members (excludes halogenated alkanes) is 2. The molecule has 0 radical (unpaired) electrons. The van der Waals surface area contributed by atoms with Crippen molar-refractivity contribution in [3.8, 4) is 0 Å². The number of hydrogen-bond acceptors (Lipinski definition) is 7. The van der Waals surface area contributed by atoms with Gasteiger partial charge in [-0.2, -0.15) is 0 Å². The molecule has 11 nitrogen and oxygen atoms in total. The number of likely N-dealkylation sites (tertiary alicyclic amines) is 2. The van der Waals surface area contributed by atoms with Crippen molar-refractivity contribution in [1.82, 2.24) is 19.6 Å². The predicted molar refractivity (Wildman–Crippen MR) is 160 cm³/mol. The summed E-state index contributed by atoms with van der Waals surface area (Å²) in [7, 11) is 0. The highest BCUT2D eigenvalue weighted by molar-refractivity contribution is 5.91. The van der Waals surface area contributed by atoms with E-state index in [1.165, 1.54) is 19.6 Å². The second-order valence-corrected chi connectivity index (χ2v) is 13.4. The first-order chi connectivity index (χ1) is 19.6. The fourth-order valence-electron chi connectivity index (χ4n) is 5.25. The van der Waals surface area contributed by atoms with Crippen molar-refractivity contribution in [3.63, 3.8) is 0 Å². The van der Waals surface area contributed by atoms with E-state index >= 15 is 0 Å². The van der Waals surface area contributed by atoms with E-state index in [-0.39, 0.29) is 30.9 Å². The third-order valence-electron chi connectivity index (χ3n) is 7.26. The Balaban J connectivity index is 2.18. The minimum atomic E-state index is -0.669. The molecular formula is C31H54N4O7. The molecule has 0 aromatic heterocycles. The Morgan fingerprint density at radius 1 is 0.667 bits per heavy atom. The van der Waals surface area contributed by atoms with Crippen LogP contribution in [-0.4, -0.2) is 112 Å². The zero-order chi connectivity index (χ0) is 31.7. The third kappa shape index (κ3) is 10.8. The van der Waals surface area contributed by atoms with E-state index in [1.807, 2.05) is 13.8 Å². The number of ether oxygens (including phenoxy) is 2. The monoisotopic (exact) mass is 594 g/mol. The Hall–Kier alpha value is -2.85. The maximum atomic E-state index is 13.9. The van der Waals surface area contributed by atoms with Crippen LogP contribution in [0.4, 0.5) is 4.79 Å². The van der Waals surface area contributed by atoms with Gasteiger partial charge in [-0.25, -0.2) is 14.4 Å². The van der Waals surface area contributed by atoms with Gasteiger partial charge in [0, 0.05) is 26.2 Å². The zero-order valence-electron chi connectivity index (χ0n) is 27.2. The normalized spacial score (nSPS) is 19.0. The third-order valence-corrected chi connectivity index (χ3v) is 7.26. The summed E-state index contributed by atoms with van der Waals surface area (Å²) >= 11 is 0. The second-order valence-electron chi connectivity index (χ2n) is 13.4. The Labute approximate surface area is 252 Å². The molecule has 0 bridgehead atoms. The van der Waals surface area contributed by atoms with Gasteiger partial charge in [0.1, 0.15) is 36.4 Å². The van der Waals surface area contributed by atoms with Gasteiger partial charge in [0.25, 0.3) is 0 Å². The molecule has 0 saturated carbocycles. The Bertz CT molecular complexity index is 882. The number of esters is 2. The number of carbonyl (C=O) groups excluding carboxylic acids is 5. The van der Waals surface area contributed by atoms with Crippen molar-refractivity contribution in [3.05, 3.63) is 0 Å². The van der Waals surface area contributed by atoms with Crippen molar-refractivity contribution in [1.29, 1.82) is 0 Å². The lowest BCUT2D eigenvalue weighted by Gasteiger charge is -2.34. The quantitative estimate of drug-likeness (QED) is 0.314. The van der Waals surface area contributed by atoms with Crippen molar-refractivity contribution in [2.45, 2.75) is 130 Å². The molecule has 0 spiro atoms. The molecule has 42 heavy (non-hydrogen) atoms. The molecule has 0 N–H and O–H groups in total. The number of urea groups is 1. The van der Waals surface area contributed by atoms with Crippen LogP contribution in [-0.2, 0) is 28.7 Å². The maximum Gasteiger partial charge on any atom is 0.329 e. The number of rotatable bonds is 12. The van der Waals surface area contributed by atoms with E-state index in [0.29, 0.717) is 64.7 Å². The highest BCUT2D eigenvalue weighted by atomic mass is 16.6. The van der Waals surface area contributed by atoms with Gasteiger partial charge < -0.3 is 29.1 Å². The molecular weight excluding hydrogens is 540 g/mol. The molecule has 2 heterocycles. The number of nitrogens with zero attached hydrogens (tertiary/aromatic N) is 4. The van der Waals surface area contributed by atoms with Gasteiger partial charge in [0.15, 0.2) is 0 Å². The summed E-state index contributed by atoms with van der Waals surface area (Å²) in [6.45, 7) is 16.0. The van der Waals surface area contributed by atoms with Crippen molar-refractivity contribution < 1.29 is 33.4 Å². The summed E-state index contributed by atoms with van der Waals surface area (Å²) in [6, 6.07) is -1.73. The van der Waals surface area contributed by atoms with E-state index in [2.05, 4.69) is 0 Å². The fraction of sp³-hybridized carbons (Fsp3) is 0.839. The summed E-state index contributed by atoms with van der Waals surface area (Å²) in [5.41, 5.74) is -1.33. The fourth-order valence-corrected chi connectivity index (χ4v) is 5.25. The van der Waals surface area contributed by atoms with Gasteiger partial charge in [-0.1, -0.05) is 26.7 Å². The average Bonchev–Trinajstić information content (AvgIpc) is 3.57. The van der Waals surface area contributed by atoms with Gasteiger partial charge >= 0.3 is 18.0 Å². The molecule has 2 aliphatic heterocycles. The summed E-state index contributed by atoms with van der Waals surface area (Å²) in [5.74, 6) is -1.47. The zero-order valence-corrected chi connectivity index (χ0v) is 27.2. The van der Waals surface area contributed by atoms with Crippen LogP contribution in [0.5, 0.6) is 0 Å². The highest BCUT2D eigenvalue weighted by Crippen LogP contribution is 2.23. The maximum absolute atomic E-state index is 13.9. The molecule has 0 aliphatic carbocycles. The number of amides is 4. The van der Waals surface area contributed by atoms with Crippen molar-refractivity contribution in [2.75, 3.05) is 39.3 Å². The van der Waals surface area contributed by atoms with Crippen LogP contribution in [0.15, 0.2) is 0 Å². The highest BCUT2D eigenvalue weighted by Gasteiger charge is 2.40. The summed E-state index contributed by atoms with van der Waals surface area (Å²) < 4.78 is 11.1. The largest absolute Gasteiger partial charge is 0.458 e. The van der Waals surface area contributed by atoms with Gasteiger partial charge in [-0.05, 0) is 80.1 Å². The van der Waals surface area contributed by atoms with Crippen LogP contribution in [0.25, 0.3) is 0 Å². The molecule has 0 aromatic carbocycles. The molecule has 4 amide bonds. The topological polar surface area (TPSA) is 117 Å². The molecule has 2 atom stereocenters. The van der Waals surface area contributed by atoms with Crippen LogP contribution in [0.1, 0.15) is 107 Å². The SMILES string of the molecule is CCCCN(CC(=O)N1CCCC1C(=O)OC(C)(C)C)C(=O)N(CCCC)CC(=O)N1CCCC1C(=O)OC(C)(C)C. The summed E-state index contributed by atoms with van der Waals surface area (Å²) in [6.07, 6.45) is 5.44. The second kappa shape index (κ2) is 15.6. The molecule has 2 fully saturated rings. The molecule has 2 rings (SSSR count). The van der Waals surface area contributed by atoms with Gasteiger partial charge in [-0.3, -0.25) is 9.59 Å². The molecule has 0 aromatic rings. The van der Waals surface area contributed by atoms with Crippen LogP contribution in [0.2, 0.25) is 0 Å². The lowest BCUT2D eigenvalue weighted by Crippen LogP contribution is -2.53. The lowest BCUT2D eigenvalue weighted by atomic mass is 10.1. The lowest BCUT2D eigenvalue weighted by molar-refractivity contribution is -0.163. The first-order valence-electron chi connectivity index (χ1n) is 15.7. The smallest absolute Gasteiger partial charge is 0.329 e. The van der Waals surface area contributed by atoms with Crippen LogP contribution >= 0.6 is 0 Å². The Morgan fingerprint density at radius 3 is 1.33 bits per heavy atom. The molecule has 240 valence electrons. The Kier molecular flexibility index (Phi) is 13.1. The summed E-state index contributed by atoms with van der Waals surface area (Å²) in [4.78, 5) is 72.5. The minimum Gasteiger partial charge on any atom is -0.458 e. The van der Waals surface area contributed by atoms with Gasteiger partial charge in [0.05, 0.1) is 0 Å². The minimum absolute atomic E-state index is 0.181. The standard InChI is InChI=1S/C31H54N4O7/c1-9-11-17-32(21-25(36)34-19-13-15-23(34)27(38)41-30(3,4)5)29(40)33(18-12-10-2)22-26(37)35-20-14-16-24(35)28(39)42-31(6,7)8/h23-24H,9-22H2,1-8H3. The van der Waals surface area contributed by atoms with E-state index in [0.717, 1.165) is 12.8 Å². The number of carbonyl (C=O) groups is 5. The van der Waals surface area contributed by atoms with E-state index in [4.69, 9.17) is 9.47 Å². The average molecular weight is 595 g/mol. The van der Waals surface area contributed by atoms with Crippen LogP contribution < -0.4 is 0 Å². The van der Waals surface area contributed by atoms with Gasteiger partial charge in [0.2, 0.25) is 11.8 Å². The van der Waals surface area contributed by atoms with Gasteiger partial charge in [-0.15, -0.1) is 0 Å². The Morgan fingerprint density at radius 2 is 1.02 bits per heavy atom. The van der Waals surface area contributed by atoms with E-state index < -0.39 is 35.2 Å². The first kappa shape index (κ1) is 35.3. The molecule has 2 saturated heterocycles. The van der Waals surface area contributed by atoms with Crippen molar-refractivity contribution in [2.24, 2.45) is 0 Å². The molecule has 2 aliphatic rings. The van der Waals surface area contributed by atoms with Crippen molar-refractivity contribution >= 4 is 29.8 Å². The van der Waals surface area contributed by atoms with E-state index in [1.54, 1.807) is 41.5 Å². The molecule has 11 heteroatoms. The first-order valence-corrected chi connectivity index (χ1v) is 15.7.